The van der Waals surface area contributed by atoms with Crippen molar-refractivity contribution in [1.82, 2.24) is 9.97 Å². The number of amides is 1. The highest BCUT2D eigenvalue weighted by Crippen LogP contribution is 2.38. The van der Waals surface area contributed by atoms with Crippen LogP contribution in [0, 0.1) is 5.92 Å². The fraction of sp³-hybridized carbons (Fsp3) is 0.172. The minimum absolute atomic E-state index is 0.0262. The Balaban J connectivity index is 1.54. The van der Waals surface area contributed by atoms with E-state index in [0.717, 1.165) is 16.6 Å². The summed E-state index contributed by atoms with van der Waals surface area (Å²) >= 11 is 0. The van der Waals surface area contributed by atoms with Gasteiger partial charge in [-0.15, -0.1) is 0 Å². The molecule has 2 heterocycles. The molecule has 0 fully saturated rings. The van der Waals surface area contributed by atoms with Gasteiger partial charge < -0.3 is 20.4 Å². The number of H-pyrrole nitrogens is 2. The highest BCUT2D eigenvalue weighted by molar-refractivity contribution is 5.94. The fourth-order valence-electron chi connectivity index (χ4n) is 4.76. The Morgan fingerprint density at radius 3 is 1.97 bits per heavy atom. The van der Waals surface area contributed by atoms with Gasteiger partial charge in [0.15, 0.2) is 0 Å². The van der Waals surface area contributed by atoms with Gasteiger partial charge in [0.2, 0.25) is 5.91 Å². The van der Waals surface area contributed by atoms with Crippen molar-refractivity contribution in [2.75, 3.05) is 5.32 Å². The SMILES string of the molecule is C[C@H](CC(=O)Nc1ccccc1CC(c1c[nH]c2ccccc12)c1c[nH]c2ccccc12)C(=O)O. The van der Waals surface area contributed by atoms with Gasteiger partial charge in [0.05, 0.1) is 5.92 Å². The fourth-order valence-corrected chi connectivity index (χ4v) is 4.76. The van der Waals surface area contributed by atoms with Gasteiger partial charge in [-0.2, -0.15) is 0 Å². The topological polar surface area (TPSA) is 98.0 Å². The normalized spacial score (nSPS) is 12.3. The molecular formula is C29H27N3O3. The van der Waals surface area contributed by atoms with E-state index < -0.39 is 11.9 Å². The number of carbonyl (C=O) groups is 2. The number of nitrogens with one attached hydrogen (secondary N) is 3. The second-order valence-electron chi connectivity index (χ2n) is 8.98. The minimum Gasteiger partial charge on any atom is -0.481 e. The molecule has 176 valence electrons. The summed E-state index contributed by atoms with van der Waals surface area (Å²) in [5.74, 6) is -2.00. The number of carbonyl (C=O) groups excluding carboxylic acids is 1. The number of carboxylic acids is 1. The molecule has 0 bridgehead atoms. The molecule has 0 aliphatic rings. The van der Waals surface area contributed by atoms with E-state index >= 15 is 0 Å². The van der Waals surface area contributed by atoms with E-state index in [1.54, 1.807) is 0 Å². The van der Waals surface area contributed by atoms with Crippen LogP contribution in [0.4, 0.5) is 5.69 Å². The number of carboxylic acid groups (broad SMARTS) is 1. The number of anilines is 1. The number of hydrogen-bond acceptors (Lipinski definition) is 2. The van der Waals surface area contributed by atoms with Crippen LogP contribution in [-0.4, -0.2) is 27.0 Å². The van der Waals surface area contributed by atoms with Crippen LogP contribution in [0.15, 0.2) is 85.2 Å². The summed E-state index contributed by atoms with van der Waals surface area (Å²) in [6, 6.07) is 24.3. The van der Waals surface area contributed by atoms with Crippen LogP contribution < -0.4 is 5.32 Å². The summed E-state index contributed by atoms with van der Waals surface area (Å²) in [4.78, 5) is 30.6. The van der Waals surface area contributed by atoms with Gasteiger partial charge in [0.1, 0.15) is 0 Å². The Kier molecular flexibility index (Phi) is 6.10. The number of aliphatic carboxylic acids is 1. The number of para-hydroxylation sites is 3. The van der Waals surface area contributed by atoms with E-state index in [2.05, 4.69) is 51.9 Å². The second kappa shape index (κ2) is 9.50. The molecule has 0 saturated heterocycles. The predicted molar refractivity (Wildman–Crippen MR) is 139 cm³/mol. The molecule has 1 amide bonds. The lowest BCUT2D eigenvalue weighted by Crippen LogP contribution is -2.20. The zero-order valence-electron chi connectivity index (χ0n) is 19.4. The van der Waals surface area contributed by atoms with Gasteiger partial charge in [0.25, 0.3) is 0 Å². The van der Waals surface area contributed by atoms with E-state index in [1.165, 1.54) is 28.8 Å². The van der Waals surface area contributed by atoms with E-state index in [9.17, 15) is 9.59 Å². The zero-order chi connectivity index (χ0) is 24.4. The van der Waals surface area contributed by atoms with Crippen LogP contribution in [0.2, 0.25) is 0 Å². The first-order valence-corrected chi connectivity index (χ1v) is 11.7. The van der Waals surface area contributed by atoms with E-state index in [4.69, 9.17) is 5.11 Å². The van der Waals surface area contributed by atoms with E-state index in [0.29, 0.717) is 12.1 Å². The number of rotatable bonds is 8. The second-order valence-corrected chi connectivity index (χ2v) is 8.98. The Morgan fingerprint density at radius 1 is 0.829 bits per heavy atom. The van der Waals surface area contributed by atoms with Crippen LogP contribution in [0.3, 0.4) is 0 Å². The Bertz CT molecular complexity index is 1440. The third kappa shape index (κ3) is 4.55. The predicted octanol–water partition coefficient (Wildman–Crippen LogP) is 6.07. The van der Waals surface area contributed by atoms with Crippen molar-refractivity contribution in [3.05, 3.63) is 102 Å². The molecule has 3 aromatic carbocycles. The molecule has 0 aliphatic carbocycles. The molecule has 0 radical (unpaired) electrons. The highest BCUT2D eigenvalue weighted by Gasteiger charge is 2.23. The summed E-state index contributed by atoms with van der Waals surface area (Å²) in [5, 5.41) is 14.5. The monoisotopic (exact) mass is 465 g/mol. The zero-order valence-corrected chi connectivity index (χ0v) is 19.4. The summed E-state index contributed by atoms with van der Waals surface area (Å²) in [6.07, 6.45) is 4.74. The van der Waals surface area contributed by atoms with Gasteiger partial charge in [-0.05, 0) is 41.3 Å². The van der Waals surface area contributed by atoms with Crippen molar-refractivity contribution < 1.29 is 14.7 Å². The lowest BCUT2D eigenvalue weighted by Gasteiger charge is -2.19. The van der Waals surface area contributed by atoms with Crippen LogP contribution >= 0.6 is 0 Å². The lowest BCUT2D eigenvalue weighted by molar-refractivity contribution is -0.142. The molecule has 1 atom stereocenters. The maximum atomic E-state index is 12.6. The molecule has 0 aliphatic heterocycles. The van der Waals surface area contributed by atoms with Gasteiger partial charge >= 0.3 is 5.97 Å². The number of aromatic nitrogens is 2. The number of fused-ring (bicyclic) bond motifs is 2. The summed E-state index contributed by atoms with van der Waals surface area (Å²) < 4.78 is 0. The summed E-state index contributed by atoms with van der Waals surface area (Å²) in [6.45, 7) is 1.54. The molecule has 6 heteroatoms. The highest BCUT2D eigenvalue weighted by atomic mass is 16.4. The van der Waals surface area contributed by atoms with Crippen LogP contribution in [0.25, 0.3) is 21.8 Å². The van der Waals surface area contributed by atoms with Crippen LogP contribution in [0.1, 0.15) is 36.0 Å². The van der Waals surface area contributed by atoms with E-state index in [-0.39, 0.29) is 18.2 Å². The first-order valence-electron chi connectivity index (χ1n) is 11.7. The van der Waals surface area contributed by atoms with Crippen molar-refractivity contribution in [3.8, 4) is 0 Å². The van der Waals surface area contributed by atoms with Gasteiger partial charge in [-0.25, -0.2) is 0 Å². The van der Waals surface area contributed by atoms with Crippen molar-refractivity contribution in [3.63, 3.8) is 0 Å². The molecule has 6 nitrogen and oxygen atoms in total. The average molecular weight is 466 g/mol. The van der Waals surface area contributed by atoms with Crippen molar-refractivity contribution in [2.45, 2.75) is 25.7 Å². The molecular weight excluding hydrogens is 438 g/mol. The third-order valence-electron chi connectivity index (χ3n) is 6.62. The van der Waals surface area contributed by atoms with Crippen molar-refractivity contribution in [2.24, 2.45) is 5.92 Å². The molecule has 2 aromatic heterocycles. The van der Waals surface area contributed by atoms with Gasteiger partial charge in [0, 0.05) is 52.2 Å². The summed E-state index contributed by atoms with van der Waals surface area (Å²) in [7, 11) is 0. The molecule has 35 heavy (non-hydrogen) atoms. The quantitative estimate of drug-likeness (QED) is 0.224. The molecule has 0 unspecified atom stereocenters. The van der Waals surface area contributed by atoms with Crippen molar-refractivity contribution in [1.29, 1.82) is 0 Å². The Hall–Kier alpha value is -4.32. The number of benzene rings is 3. The Morgan fingerprint density at radius 2 is 1.37 bits per heavy atom. The van der Waals surface area contributed by atoms with Gasteiger partial charge in [-0.3, -0.25) is 9.59 Å². The average Bonchev–Trinajstić information content (AvgIpc) is 3.48. The van der Waals surface area contributed by atoms with Gasteiger partial charge in [-0.1, -0.05) is 61.5 Å². The molecule has 5 aromatic rings. The summed E-state index contributed by atoms with van der Waals surface area (Å²) in [5.41, 5.74) is 6.23. The number of aromatic amines is 2. The minimum atomic E-state index is -0.979. The first-order chi connectivity index (χ1) is 17.0. The largest absolute Gasteiger partial charge is 0.481 e. The van der Waals surface area contributed by atoms with Crippen LogP contribution in [-0.2, 0) is 16.0 Å². The molecule has 0 saturated carbocycles. The maximum absolute atomic E-state index is 12.6. The smallest absolute Gasteiger partial charge is 0.306 e. The lowest BCUT2D eigenvalue weighted by atomic mass is 9.85. The third-order valence-corrected chi connectivity index (χ3v) is 6.62. The van der Waals surface area contributed by atoms with E-state index in [1.807, 2.05) is 48.5 Å². The standard InChI is InChI=1S/C29H27N3O3/c1-18(29(34)35)14-28(33)32-25-11-5-2-8-19(25)15-22(23-16-30-26-12-6-3-9-20(23)26)24-17-31-27-13-7-4-10-21(24)27/h2-13,16-18,22,30-31H,14-15H2,1H3,(H,32,33)(H,34,35)/t18-/m1/s1. The first kappa shape index (κ1) is 22.5. The Labute approximate surface area is 203 Å². The van der Waals surface area contributed by atoms with Crippen LogP contribution in [0.5, 0.6) is 0 Å². The van der Waals surface area contributed by atoms with Crippen molar-refractivity contribution >= 4 is 39.4 Å². The molecule has 4 N–H and O–H groups in total. The maximum Gasteiger partial charge on any atom is 0.306 e. The molecule has 5 rings (SSSR count). The molecule has 0 spiro atoms. The number of hydrogen-bond donors (Lipinski definition) is 4.